The normalized spacial score (nSPS) is 12.7. The average molecular weight is 146 g/mol. The van der Waals surface area contributed by atoms with E-state index in [4.69, 9.17) is 10.6 Å². The lowest BCUT2D eigenvalue weighted by Gasteiger charge is -2.09. The Kier molecular flexibility index (Phi) is 4.88. The van der Waals surface area contributed by atoms with Crippen LogP contribution in [-0.4, -0.2) is 18.6 Å². The molecule has 3 N–H and O–H groups in total. The summed E-state index contributed by atoms with van der Waals surface area (Å²) in [6, 6.07) is 0. The molecule has 4 nitrogen and oxygen atoms in total. The summed E-state index contributed by atoms with van der Waals surface area (Å²) in [6.45, 7) is 4.24. The molecule has 4 heteroatoms. The van der Waals surface area contributed by atoms with Gasteiger partial charge in [0.15, 0.2) is 0 Å². The number of hydrazine groups is 1. The van der Waals surface area contributed by atoms with Crippen molar-refractivity contribution in [2.45, 2.75) is 26.4 Å². The van der Waals surface area contributed by atoms with E-state index in [-0.39, 0.29) is 5.91 Å². The molecule has 0 aliphatic heterocycles. The molecule has 0 aromatic heterocycles. The molecule has 0 fully saturated rings. The van der Waals surface area contributed by atoms with Crippen molar-refractivity contribution in [1.82, 2.24) is 5.43 Å². The van der Waals surface area contributed by atoms with Gasteiger partial charge in [-0.25, -0.2) is 5.84 Å². The van der Waals surface area contributed by atoms with Gasteiger partial charge in [0.1, 0.15) is 6.10 Å². The third kappa shape index (κ3) is 3.42. The maximum absolute atomic E-state index is 10.7. The van der Waals surface area contributed by atoms with Crippen LogP contribution in [0.1, 0.15) is 20.3 Å². The van der Waals surface area contributed by atoms with E-state index in [1.54, 1.807) is 6.92 Å². The van der Waals surface area contributed by atoms with Crippen LogP contribution in [0.3, 0.4) is 0 Å². The summed E-state index contributed by atoms with van der Waals surface area (Å²) in [6.07, 6.45) is 0.465. The molecule has 0 aliphatic rings. The Balaban J connectivity index is 3.41. The molecule has 1 atom stereocenters. The number of carbonyl (C=O) groups excluding carboxylic acids is 1. The number of rotatable bonds is 4. The standard InChI is InChI=1S/C6H14N2O2/c1-3-4-10-5(2)6(9)8-7/h5H,3-4,7H2,1-2H3,(H,8,9). The highest BCUT2D eigenvalue weighted by molar-refractivity contribution is 5.79. The molecule has 0 aromatic rings. The summed E-state index contributed by atoms with van der Waals surface area (Å²) >= 11 is 0. The number of nitrogens with one attached hydrogen (secondary N) is 1. The highest BCUT2D eigenvalue weighted by Gasteiger charge is 2.09. The smallest absolute Gasteiger partial charge is 0.262 e. The molecule has 0 bridgehead atoms. The maximum Gasteiger partial charge on any atom is 0.262 e. The molecule has 10 heavy (non-hydrogen) atoms. The van der Waals surface area contributed by atoms with Crippen LogP contribution >= 0.6 is 0 Å². The summed E-state index contributed by atoms with van der Waals surface area (Å²) in [5.74, 6) is 4.58. The Morgan fingerprint density at radius 2 is 2.40 bits per heavy atom. The van der Waals surface area contributed by atoms with Crippen molar-refractivity contribution in [2.24, 2.45) is 5.84 Å². The van der Waals surface area contributed by atoms with E-state index in [2.05, 4.69) is 0 Å². The summed E-state index contributed by atoms with van der Waals surface area (Å²) in [5.41, 5.74) is 2.01. The summed E-state index contributed by atoms with van der Waals surface area (Å²) < 4.78 is 5.05. The summed E-state index contributed by atoms with van der Waals surface area (Å²) in [7, 11) is 0. The van der Waals surface area contributed by atoms with Crippen molar-refractivity contribution < 1.29 is 9.53 Å². The molecule has 1 unspecified atom stereocenters. The van der Waals surface area contributed by atoms with Crippen LogP contribution in [0.4, 0.5) is 0 Å². The Morgan fingerprint density at radius 1 is 1.80 bits per heavy atom. The van der Waals surface area contributed by atoms with Gasteiger partial charge in [-0.05, 0) is 13.3 Å². The zero-order valence-electron chi connectivity index (χ0n) is 6.39. The molecule has 0 saturated carbocycles. The quantitative estimate of drug-likeness (QED) is 0.328. The minimum Gasteiger partial charge on any atom is -0.369 e. The van der Waals surface area contributed by atoms with E-state index in [1.807, 2.05) is 12.3 Å². The zero-order chi connectivity index (χ0) is 7.98. The monoisotopic (exact) mass is 146 g/mol. The van der Waals surface area contributed by atoms with Gasteiger partial charge in [0.2, 0.25) is 0 Å². The lowest BCUT2D eigenvalue weighted by molar-refractivity contribution is -0.131. The molecule has 0 radical (unpaired) electrons. The van der Waals surface area contributed by atoms with E-state index >= 15 is 0 Å². The number of amides is 1. The van der Waals surface area contributed by atoms with Crippen LogP contribution in [0.25, 0.3) is 0 Å². The molecular weight excluding hydrogens is 132 g/mol. The second-order valence-corrected chi connectivity index (χ2v) is 2.02. The molecule has 0 aromatic carbocycles. The predicted molar refractivity (Wildman–Crippen MR) is 38.0 cm³/mol. The lowest BCUT2D eigenvalue weighted by atomic mass is 10.4. The fraction of sp³-hybridized carbons (Fsp3) is 0.833. The Morgan fingerprint density at radius 3 is 2.80 bits per heavy atom. The van der Waals surface area contributed by atoms with Crippen LogP contribution in [0.15, 0.2) is 0 Å². The van der Waals surface area contributed by atoms with Crippen LogP contribution < -0.4 is 11.3 Å². The molecule has 0 spiro atoms. The van der Waals surface area contributed by atoms with Crippen LogP contribution in [0.2, 0.25) is 0 Å². The van der Waals surface area contributed by atoms with Gasteiger partial charge in [-0.15, -0.1) is 0 Å². The van der Waals surface area contributed by atoms with E-state index in [9.17, 15) is 4.79 Å². The van der Waals surface area contributed by atoms with Crippen LogP contribution in [0.5, 0.6) is 0 Å². The first-order valence-electron chi connectivity index (χ1n) is 3.34. The van der Waals surface area contributed by atoms with Gasteiger partial charge < -0.3 is 4.74 Å². The van der Waals surface area contributed by atoms with Gasteiger partial charge in [-0.2, -0.15) is 0 Å². The minimum absolute atomic E-state index is 0.284. The van der Waals surface area contributed by atoms with E-state index in [0.29, 0.717) is 6.61 Å². The van der Waals surface area contributed by atoms with Crippen LogP contribution in [-0.2, 0) is 9.53 Å². The first-order chi connectivity index (χ1) is 4.72. The van der Waals surface area contributed by atoms with Gasteiger partial charge in [-0.3, -0.25) is 10.2 Å². The fourth-order valence-corrected chi connectivity index (χ4v) is 0.488. The van der Waals surface area contributed by atoms with Crippen molar-refractivity contribution in [1.29, 1.82) is 0 Å². The van der Waals surface area contributed by atoms with Gasteiger partial charge in [0.25, 0.3) is 5.91 Å². The molecule has 0 rings (SSSR count). The molecule has 0 saturated heterocycles. The first-order valence-corrected chi connectivity index (χ1v) is 3.34. The number of hydrogen-bond donors (Lipinski definition) is 2. The van der Waals surface area contributed by atoms with Gasteiger partial charge in [-0.1, -0.05) is 6.92 Å². The van der Waals surface area contributed by atoms with E-state index in [0.717, 1.165) is 6.42 Å². The number of ether oxygens (including phenoxy) is 1. The molecular formula is C6H14N2O2. The molecule has 60 valence electrons. The zero-order valence-corrected chi connectivity index (χ0v) is 6.39. The Bertz CT molecular complexity index is 106. The largest absolute Gasteiger partial charge is 0.369 e. The Labute approximate surface area is 60.7 Å². The number of nitrogens with two attached hydrogens (primary N) is 1. The SMILES string of the molecule is CCCOC(C)C(=O)NN. The predicted octanol–water partition coefficient (Wildman–Crippen LogP) is -0.209. The van der Waals surface area contributed by atoms with Gasteiger partial charge in [0.05, 0.1) is 0 Å². The third-order valence-corrected chi connectivity index (χ3v) is 1.08. The molecule has 0 aliphatic carbocycles. The first kappa shape index (κ1) is 9.39. The highest BCUT2D eigenvalue weighted by atomic mass is 16.5. The van der Waals surface area contributed by atoms with Crippen molar-refractivity contribution in [2.75, 3.05) is 6.61 Å². The van der Waals surface area contributed by atoms with Crippen molar-refractivity contribution in [3.8, 4) is 0 Å². The van der Waals surface area contributed by atoms with Crippen molar-refractivity contribution in [3.63, 3.8) is 0 Å². The van der Waals surface area contributed by atoms with Crippen LogP contribution in [0, 0.1) is 0 Å². The van der Waals surface area contributed by atoms with Crippen molar-refractivity contribution >= 4 is 5.91 Å². The number of carbonyl (C=O) groups is 1. The van der Waals surface area contributed by atoms with E-state index < -0.39 is 6.10 Å². The third-order valence-electron chi connectivity index (χ3n) is 1.08. The fourth-order valence-electron chi connectivity index (χ4n) is 0.488. The molecule has 0 heterocycles. The average Bonchev–Trinajstić information content (AvgIpc) is 1.98. The second-order valence-electron chi connectivity index (χ2n) is 2.02. The summed E-state index contributed by atoms with van der Waals surface area (Å²) in [5, 5.41) is 0. The minimum atomic E-state index is -0.440. The number of hydrogen-bond acceptors (Lipinski definition) is 3. The van der Waals surface area contributed by atoms with Gasteiger partial charge >= 0.3 is 0 Å². The van der Waals surface area contributed by atoms with Gasteiger partial charge in [0, 0.05) is 6.61 Å². The lowest BCUT2D eigenvalue weighted by Crippen LogP contribution is -2.39. The summed E-state index contributed by atoms with van der Waals surface area (Å²) in [4.78, 5) is 10.7. The second kappa shape index (κ2) is 5.20. The van der Waals surface area contributed by atoms with E-state index in [1.165, 1.54) is 0 Å². The highest BCUT2D eigenvalue weighted by Crippen LogP contribution is 1.90. The van der Waals surface area contributed by atoms with Crippen molar-refractivity contribution in [3.05, 3.63) is 0 Å². The molecule has 1 amide bonds. The maximum atomic E-state index is 10.7. The topological polar surface area (TPSA) is 64.3 Å². The Hall–Kier alpha value is -0.610.